The molecule has 0 bridgehead atoms. The zero-order valence-electron chi connectivity index (χ0n) is 9.50. The Balaban J connectivity index is 2.21. The Labute approximate surface area is 105 Å². The largest absolute Gasteiger partial charge is 0.396 e. The fourth-order valence-electron chi connectivity index (χ4n) is 1.19. The van der Waals surface area contributed by atoms with Crippen LogP contribution in [0.15, 0.2) is 16.7 Å². The Hall–Kier alpha value is -0.810. The van der Waals surface area contributed by atoms with Gasteiger partial charge in [-0.1, -0.05) is 13.3 Å². The summed E-state index contributed by atoms with van der Waals surface area (Å²) in [7, 11) is 0. The quantitative estimate of drug-likeness (QED) is 0.757. The third-order valence-corrected chi connectivity index (χ3v) is 2.50. The molecule has 4 nitrogen and oxygen atoms in total. The summed E-state index contributed by atoms with van der Waals surface area (Å²) in [6.45, 7) is 4.37. The second-order valence-electron chi connectivity index (χ2n) is 3.48. The van der Waals surface area contributed by atoms with Crippen molar-refractivity contribution >= 4 is 27.4 Å². The maximum atomic E-state index is 5.79. The minimum atomic E-state index is 0.642. The number of rotatable bonds is 7. The maximum Gasteiger partial charge on any atom is 0.149 e. The first-order valence-corrected chi connectivity index (χ1v) is 6.26. The third-order valence-electron chi connectivity index (χ3n) is 2.06. The molecule has 0 aliphatic heterocycles. The van der Waals surface area contributed by atoms with E-state index in [-0.39, 0.29) is 0 Å². The van der Waals surface area contributed by atoms with Crippen molar-refractivity contribution < 1.29 is 4.74 Å². The standard InChI is InChI=1S/C11H18BrN3O/c1-2-3-5-16-6-4-14-11-10(13)7-9(12)8-15-11/h7-8H,2-6,13H2,1H3,(H,14,15). The second-order valence-corrected chi connectivity index (χ2v) is 4.40. The van der Waals surface area contributed by atoms with Gasteiger partial charge in [-0.2, -0.15) is 0 Å². The molecule has 1 heterocycles. The number of nitrogens with zero attached hydrogens (tertiary/aromatic N) is 1. The summed E-state index contributed by atoms with van der Waals surface area (Å²) in [5, 5.41) is 3.14. The van der Waals surface area contributed by atoms with Gasteiger partial charge in [-0.15, -0.1) is 0 Å². The average molecular weight is 288 g/mol. The molecular formula is C11H18BrN3O. The molecule has 1 rings (SSSR count). The number of halogens is 1. The van der Waals surface area contributed by atoms with Crippen molar-refractivity contribution in [3.63, 3.8) is 0 Å². The van der Waals surface area contributed by atoms with E-state index in [9.17, 15) is 0 Å². The van der Waals surface area contributed by atoms with Crippen LogP contribution in [-0.4, -0.2) is 24.7 Å². The van der Waals surface area contributed by atoms with E-state index in [2.05, 4.69) is 33.2 Å². The van der Waals surface area contributed by atoms with Crippen molar-refractivity contribution in [2.24, 2.45) is 0 Å². The van der Waals surface area contributed by atoms with Crippen LogP contribution in [0.3, 0.4) is 0 Å². The van der Waals surface area contributed by atoms with Gasteiger partial charge >= 0.3 is 0 Å². The number of anilines is 2. The Morgan fingerprint density at radius 3 is 3.00 bits per heavy atom. The van der Waals surface area contributed by atoms with Crippen molar-refractivity contribution in [2.75, 3.05) is 30.8 Å². The van der Waals surface area contributed by atoms with Gasteiger partial charge in [0.2, 0.25) is 0 Å². The number of hydrogen-bond donors (Lipinski definition) is 2. The van der Waals surface area contributed by atoms with Crippen LogP contribution in [-0.2, 0) is 4.74 Å². The maximum absolute atomic E-state index is 5.79. The molecule has 3 N–H and O–H groups in total. The molecule has 0 saturated carbocycles. The summed E-state index contributed by atoms with van der Waals surface area (Å²) in [5.41, 5.74) is 6.43. The fourth-order valence-corrected chi connectivity index (χ4v) is 1.54. The van der Waals surface area contributed by atoms with E-state index in [0.717, 1.165) is 30.5 Å². The van der Waals surface area contributed by atoms with Gasteiger partial charge in [-0.05, 0) is 28.4 Å². The molecule has 0 aliphatic rings. The highest BCUT2D eigenvalue weighted by Crippen LogP contribution is 2.19. The highest BCUT2D eigenvalue weighted by atomic mass is 79.9. The third kappa shape index (κ3) is 4.81. The van der Waals surface area contributed by atoms with Gasteiger partial charge in [0.15, 0.2) is 0 Å². The number of nitrogens with one attached hydrogen (secondary N) is 1. The van der Waals surface area contributed by atoms with Crippen molar-refractivity contribution in [3.8, 4) is 0 Å². The molecule has 1 aromatic rings. The number of hydrogen-bond acceptors (Lipinski definition) is 4. The van der Waals surface area contributed by atoms with E-state index in [1.54, 1.807) is 6.20 Å². The van der Waals surface area contributed by atoms with Crippen LogP contribution in [0.4, 0.5) is 11.5 Å². The van der Waals surface area contributed by atoms with Gasteiger partial charge in [-0.25, -0.2) is 4.98 Å². The minimum absolute atomic E-state index is 0.642. The summed E-state index contributed by atoms with van der Waals surface area (Å²) in [6, 6.07) is 1.83. The van der Waals surface area contributed by atoms with E-state index >= 15 is 0 Å². The fraction of sp³-hybridized carbons (Fsp3) is 0.545. The Morgan fingerprint density at radius 2 is 2.31 bits per heavy atom. The van der Waals surface area contributed by atoms with Gasteiger partial charge in [0.05, 0.1) is 12.3 Å². The van der Waals surface area contributed by atoms with Gasteiger partial charge in [-0.3, -0.25) is 0 Å². The molecule has 0 saturated heterocycles. The predicted molar refractivity (Wildman–Crippen MR) is 70.6 cm³/mol. The van der Waals surface area contributed by atoms with E-state index in [1.165, 1.54) is 0 Å². The zero-order valence-corrected chi connectivity index (χ0v) is 11.1. The molecule has 0 unspecified atom stereocenters. The molecule has 0 amide bonds. The molecule has 0 aliphatic carbocycles. The van der Waals surface area contributed by atoms with Crippen molar-refractivity contribution in [3.05, 3.63) is 16.7 Å². The molecule has 90 valence electrons. The number of unbranched alkanes of at least 4 members (excludes halogenated alkanes) is 1. The summed E-state index contributed by atoms with van der Waals surface area (Å²) in [4.78, 5) is 4.17. The zero-order chi connectivity index (χ0) is 11.8. The number of nitrogens with two attached hydrogens (primary N) is 1. The second kappa shape index (κ2) is 7.46. The molecule has 0 fully saturated rings. The number of aromatic nitrogens is 1. The Kier molecular flexibility index (Phi) is 6.18. The van der Waals surface area contributed by atoms with Crippen LogP contribution in [0.5, 0.6) is 0 Å². The van der Waals surface area contributed by atoms with E-state index in [1.807, 2.05) is 6.07 Å². The van der Waals surface area contributed by atoms with Gasteiger partial charge in [0, 0.05) is 23.8 Å². The minimum Gasteiger partial charge on any atom is -0.396 e. The van der Waals surface area contributed by atoms with Crippen LogP contribution in [0, 0.1) is 0 Å². The summed E-state index contributed by atoms with van der Waals surface area (Å²) in [6.07, 6.45) is 3.99. The topological polar surface area (TPSA) is 60.2 Å². The van der Waals surface area contributed by atoms with Crippen LogP contribution in [0.2, 0.25) is 0 Å². The van der Waals surface area contributed by atoms with Crippen LogP contribution in [0.25, 0.3) is 0 Å². The molecule has 0 atom stereocenters. The lowest BCUT2D eigenvalue weighted by Gasteiger charge is -2.08. The smallest absolute Gasteiger partial charge is 0.149 e. The molecule has 0 radical (unpaired) electrons. The SMILES string of the molecule is CCCCOCCNc1ncc(Br)cc1N. The van der Waals surface area contributed by atoms with Crippen LogP contribution < -0.4 is 11.1 Å². The Morgan fingerprint density at radius 1 is 1.50 bits per heavy atom. The Bertz CT molecular complexity index is 320. The number of nitrogen functional groups attached to an aromatic ring is 1. The summed E-state index contributed by atoms with van der Waals surface area (Å²) < 4.78 is 6.30. The lowest BCUT2D eigenvalue weighted by Crippen LogP contribution is -2.12. The first-order chi connectivity index (χ1) is 7.74. The highest BCUT2D eigenvalue weighted by Gasteiger charge is 2.00. The van der Waals surface area contributed by atoms with E-state index in [0.29, 0.717) is 18.1 Å². The molecule has 1 aromatic heterocycles. The van der Waals surface area contributed by atoms with Crippen molar-refractivity contribution in [2.45, 2.75) is 19.8 Å². The predicted octanol–water partition coefficient (Wildman–Crippen LogP) is 2.65. The number of ether oxygens (including phenoxy) is 1. The molecule has 16 heavy (non-hydrogen) atoms. The van der Waals surface area contributed by atoms with E-state index in [4.69, 9.17) is 10.5 Å². The monoisotopic (exact) mass is 287 g/mol. The average Bonchev–Trinajstić information content (AvgIpc) is 2.26. The van der Waals surface area contributed by atoms with Gasteiger partial charge in [0.1, 0.15) is 5.82 Å². The number of pyridine rings is 1. The van der Waals surface area contributed by atoms with Crippen LogP contribution >= 0.6 is 15.9 Å². The highest BCUT2D eigenvalue weighted by molar-refractivity contribution is 9.10. The molecule has 0 spiro atoms. The van der Waals surface area contributed by atoms with Gasteiger partial charge in [0.25, 0.3) is 0 Å². The van der Waals surface area contributed by atoms with E-state index < -0.39 is 0 Å². The lowest BCUT2D eigenvalue weighted by atomic mass is 10.4. The molecule has 5 heteroatoms. The van der Waals surface area contributed by atoms with Gasteiger partial charge < -0.3 is 15.8 Å². The summed E-state index contributed by atoms with van der Waals surface area (Å²) >= 11 is 3.31. The van der Waals surface area contributed by atoms with Crippen molar-refractivity contribution in [1.82, 2.24) is 4.98 Å². The first kappa shape index (κ1) is 13.3. The first-order valence-electron chi connectivity index (χ1n) is 5.46. The summed E-state index contributed by atoms with van der Waals surface area (Å²) in [5.74, 6) is 0.710. The van der Waals surface area contributed by atoms with Crippen molar-refractivity contribution in [1.29, 1.82) is 0 Å². The molecular weight excluding hydrogens is 270 g/mol. The molecule has 0 aromatic carbocycles. The lowest BCUT2D eigenvalue weighted by molar-refractivity contribution is 0.141. The van der Waals surface area contributed by atoms with Crippen LogP contribution in [0.1, 0.15) is 19.8 Å². The normalized spacial score (nSPS) is 10.4.